The van der Waals surface area contributed by atoms with Crippen LogP contribution >= 0.6 is 11.6 Å². The summed E-state index contributed by atoms with van der Waals surface area (Å²) in [5.41, 5.74) is 8.79. The van der Waals surface area contributed by atoms with Crippen molar-refractivity contribution in [2.24, 2.45) is 10.7 Å². The second-order valence-corrected chi connectivity index (χ2v) is 6.43. The topological polar surface area (TPSA) is 75.1 Å². The van der Waals surface area contributed by atoms with Gasteiger partial charge in [0.1, 0.15) is 11.9 Å². The Bertz CT molecular complexity index is 1150. The Morgan fingerprint density at radius 3 is 2.81 bits per heavy atom. The van der Waals surface area contributed by atoms with Crippen molar-refractivity contribution >= 4 is 34.3 Å². The second-order valence-electron chi connectivity index (χ2n) is 6.03. The highest BCUT2D eigenvalue weighted by Crippen LogP contribution is 2.35. The van der Waals surface area contributed by atoms with E-state index in [-0.39, 0.29) is 5.02 Å². The maximum absolute atomic E-state index is 13.4. The monoisotopic (exact) mass is 362 g/mol. The van der Waals surface area contributed by atoms with Gasteiger partial charge in [-0.1, -0.05) is 35.9 Å². The minimum Gasteiger partial charge on any atom is -0.300 e. The molecule has 0 amide bonds. The molecule has 6 heteroatoms. The van der Waals surface area contributed by atoms with Crippen LogP contribution in [0.1, 0.15) is 16.7 Å². The average Bonchev–Trinajstić information content (AvgIpc) is 3.06. The molecule has 1 aliphatic rings. The van der Waals surface area contributed by atoms with Gasteiger partial charge < -0.3 is 0 Å². The van der Waals surface area contributed by atoms with Crippen LogP contribution in [0.15, 0.2) is 59.7 Å². The molecule has 2 aromatic carbocycles. The molecule has 4 rings (SSSR count). The normalized spacial score (nSPS) is 18.8. The summed E-state index contributed by atoms with van der Waals surface area (Å²) in [7, 11) is 0. The summed E-state index contributed by atoms with van der Waals surface area (Å²) < 4.78 is 13.4. The number of hydrogen-bond donors (Lipinski definition) is 1. The van der Waals surface area contributed by atoms with E-state index in [1.54, 1.807) is 30.5 Å². The van der Waals surface area contributed by atoms with Crippen LogP contribution in [0.3, 0.4) is 0 Å². The minimum absolute atomic E-state index is 0.0437. The number of aliphatic imine (C=N–C) groups is 1. The number of benzene rings is 2. The number of fused-ring (bicyclic) bond motifs is 1. The smallest absolute Gasteiger partial charge is 0.155 e. The van der Waals surface area contributed by atoms with Crippen molar-refractivity contribution in [2.75, 3.05) is 0 Å². The molecule has 1 atom stereocenters. The zero-order valence-corrected chi connectivity index (χ0v) is 14.2. The van der Waals surface area contributed by atoms with Crippen molar-refractivity contribution in [3.8, 4) is 6.07 Å². The highest BCUT2D eigenvalue weighted by molar-refractivity contribution is 6.31. The van der Waals surface area contributed by atoms with Gasteiger partial charge in [-0.15, -0.1) is 0 Å². The van der Waals surface area contributed by atoms with Gasteiger partial charge in [-0.3, -0.25) is 15.7 Å². The molecule has 0 aliphatic carbocycles. The molecule has 1 aliphatic heterocycles. The Balaban J connectivity index is 1.82. The Hall–Kier alpha value is -3.07. The predicted molar refractivity (Wildman–Crippen MR) is 100 cm³/mol. The Morgan fingerprint density at radius 2 is 2.04 bits per heavy atom. The standard InChI is InChI=1S/C20H12ClFN4/c21-17-7-13(4-5-18(17)22)15-8-20(24,26-11-15)16-3-1-2-14-6-12(9-23)10-25-19(14)16/h1-8,10-11H,24H2. The van der Waals surface area contributed by atoms with Gasteiger partial charge in [-0.05, 0) is 35.4 Å². The number of nitrogens with two attached hydrogens (primary N) is 1. The lowest BCUT2D eigenvalue weighted by molar-refractivity contribution is 0.614. The first-order valence-electron chi connectivity index (χ1n) is 7.82. The number of nitrogens with zero attached hydrogens (tertiary/aromatic N) is 3. The van der Waals surface area contributed by atoms with Gasteiger partial charge in [0.05, 0.1) is 16.1 Å². The fourth-order valence-electron chi connectivity index (χ4n) is 3.01. The fourth-order valence-corrected chi connectivity index (χ4v) is 3.19. The van der Waals surface area contributed by atoms with Crippen LogP contribution in [-0.4, -0.2) is 11.2 Å². The number of halogens is 2. The summed E-state index contributed by atoms with van der Waals surface area (Å²) in [5, 5.41) is 9.90. The lowest BCUT2D eigenvalue weighted by Gasteiger charge is -2.20. The van der Waals surface area contributed by atoms with Crippen molar-refractivity contribution < 1.29 is 4.39 Å². The molecule has 0 saturated carbocycles. The largest absolute Gasteiger partial charge is 0.300 e. The molecule has 0 bridgehead atoms. The van der Waals surface area contributed by atoms with Crippen LogP contribution in [0.2, 0.25) is 5.02 Å². The van der Waals surface area contributed by atoms with Crippen LogP contribution in [0.4, 0.5) is 4.39 Å². The molecule has 3 aromatic rings. The third-order valence-electron chi connectivity index (χ3n) is 4.32. The van der Waals surface area contributed by atoms with Crippen molar-refractivity contribution in [2.45, 2.75) is 5.66 Å². The van der Waals surface area contributed by atoms with Crippen LogP contribution in [0, 0.1) is 17.1 Å². The van der Waals surface area contributed by atoms with Crippen molar-refractivity contribution in [1.29, 1.82) is 5.26 Å². The average molecular weight is 363 g/mol. The molecule has 26 heavy (non-hydrogen) atoms. The summed E-state index contributed by atoms with van der Waals surface area (Å²) in [5.74, 6) is -0.475. The number of hydrogen-bond acceptors (Lipinski definition) is 4. The Morgan fingerprint density at radius 1 is 1.19 bits per heavy atom. The lowest BCUT2D eigenvalue weighted by Crippen LogP contribution is -2.31. The molecule has 1 aromatic heterocycles. The quantitative estimate of drug-likeness (QED) is 0.743. The molecular formula is C20H12ClFN4. The number of aromatic nitrogens is 1. The summed E-state index contributed by atoms with van der Waals surface area (Å²) in [6.45, 7) is 0. The van der Waals surface area contributed by atoms with E-state index in [0.717, 1.165) is 22.1 Å². The number of para-hydroxylation sites is 1. The van der Waals surface area contributed by atoms with Crippen LogP contribution in [0.5, 0.6) is 0 Å². The molecule has 0 saturated heterocycles. The first kappa shape index (κ1) is 16.4. The van der Waals surface area contributed by atoms with Gasteiger partial charge in [0, 0.05) is 23.4 Å². The van der Waals surface area contributed by atoms with Gasteiger partial charge in [0.25, 0.3) is 0 Å². The van der Waals surface area contributed by atoms with E-state index in [4.69, 9.17) is 22.6 Å². The van der Waals surface area contributed by atoms with E-state index in [9.17, 15) is 4.39 Å². The lowest BCUT2D eigenvalue weighted by atomic mass is 9.95. The van der Waals surface area contributed by atoms with Crippen molar-refractivity contribution in [1.82, 2.24) is 4.98 Å². The molecule has 0 radical (unpaired) electrons. The maximum Gasteiger partial charge on any atom is 0.155 e. The highest BCUT2D eigenvalue weighted by Gasteiger charge is 2.30. The van der Waals surface area contributed by atoms with E-state index in [2.05, 4.69) is 16.0 Å². The summed E-state index contributed by atoms with van der Waals surface area (Å²) in [6, 6.07) is 13.9. The van der Waals surface area contributed by atoms with E-state index in [1.807, 2.05) is 18.2 Å². The minimum atomic E-state index is -1.10. The summed E-state index contributed by atoms with van der Waals surface area (Å²) in [4.78, 5) is 8.85. The predicted octanol–water partition coefficient (Wildman–Crippen LogP) is 4.18. The summed E-state index contributed by atoms with van der Waals surface area (Å²) >= 11 is 5.87. The number of pyridine rings is 1. The van der Waals surface area contributed by atoms with Crippen molar-refractivity contribution in [3.05, 3.63) is 82.3 Å². The number of rotatable bonds is 2. The van der Waals surface area contributed by atoms with E-state index in [1.165, 1.54) is 12.3 Å². The molecule has 2 heterocycles. The first-order valence-corrected chi connectivity index (χ1v) is 8.20. The van der Waals surface area contributed by atoms with E-state index < -0.39 is 11.5 Å². The molecule has 4 nitrogen and oxygen atoms in total. The zero-order chi connectivity index (χ0) is 18.3. The number of allylic oxidation sites excluding steroid dienone is 1. The SMILES string of the molecule is N#Cc1cnc2c(C3(N)C=C(c4ccc(F)c(Cl)c4)C=N3)cccc2c1. The molecule has 2 N–H and O–H groups in total. The second kappa shape index (κ2) is 6.03. The van der Waals surface area contributed by atoms with Crippen LogP contribution < -0.4 is 5.73 Å². The van der Waals surface area contributed by atoms with Crippen molar-refractivity contribution in [3.63, 3.8) is 0 Å². The Kier molecular flexibility index (Phi) is 3.80. The van der Waals surface area contributed by atoms with Crippen LogP contribution in [-0.2, 0) is 5.66 Å². The molecule has 126 valence electrons. The summed E-state index contributed by atoms with van der Waals surface area (Å²) in [6.07, 6.45) is 4.95. The van der Waals surface area contributed by atoms with Crippen LogP contribution in [0.25, 0.3) is 16.5 Å². The molecule has 1 unspecified atom stereocenters. The molecule has 0 spiro atoms. The van der Waals surface area contributed by atoms with E-state index >= 15 is 0 Å². The van der Waals surface area contributed by atoms with Gasteiger partial charge in [0.2, 0.25) is 0 Å². The zero-order valence-electron chi connectivity index (χ0n) is 13.4. The fraction of sp³-hybridized carbons (Fsp3) is 0.0500. The molecular weight excluding hydrogens is 351 g/mol. The third-order valence-corrected chi connectivity index (χ3v) is 4.61. The maximum atomic E-state index is 13.4. The van der Waals surface area contributed by atoms with E-state index in [0.29, 0.717) is 11.1 Å². The van der Waals surface area contributed by atoms with Gasteiger partial charge >= 0.3 is 0 Å². The van der Waals surface area contributed by atoms with Gasteiger partial charge in [0.15, 0.2) is 5.66 Å². The third kappa shape index (κ3) is 2.66. The van der Waals surface area contributed by atoms with Gasteiger partial charge in [-0.25, -0.2) is 4.39 Å². The highest BCUT2D eigenvalue weighted by atomic mass is 35.5. The molecule has 0 fully saturated rings. The first-order chi connectivity index (χ1) is 12.5. The number of nitriles is 1. The van der Waals surface area contributed by atoms with Gasteiger partial charge in [-0.2, -0.15) is 5.26 Å². The Labute approximate surface area is 154 Å².